The maximum absolute atomic E-state index is 15.2. The second-order valence-electron chi connectivity index (χ2n) is 8.09. The third kappa shape index (κ3) is 2.56. The Labute approximate surface area is 166 Å². The summed E-state index contributed by atoms with van der Waals surface area (Å²) >= 11 is 6.78. The Balaban J connectivity index is 1.80. The zero-order valence-corrected chi connectivity index (χ0v) is 16.6. The molecule has 1 aliphatic carbocycles. The van der Waals surface area contributed by atoms with E-state index in [0.717, 1.165) is 19.3 Å². The number of aromatic nitrogens is 2. The molecule has 6 nitrogen and oxygen atoms in total. The largest absolute Gasteiger partial charge is 0.440 e. The van der Waals surface area contributed by atoms with Gasteiger partial charge in [0.1, 0.15) is 5.82 Å². The number of halogens is 2. The van der Waals surface area contributed by atoms with Crippen LogP contribution in [-0.4, -0.2) is 28.7 Å². The van der Waals surface area contributed by atoms with Crippen LogP contribution < -0.4 is 16.2 Å². The third-order valence-corrected chi connectivity index (χ3v) is 6.36. The fourth-order valence-electron chi connectivity index (χ4n) is 4.37. The van der Waals surface area contributed by atoms with Crippen molar-refractivity contribution in [3.8, 4) is 0 Å². The first-order valence-corrected chi connectivity index (χ1v) is 10.1. The molecule has 0 unspecified atom stereocenters. The van der Waals surface area contributed by atoms with Gasteiger partial charge in [0, 0.05) is 37.5 Å². The number of aryl methyl sites for hydroxylation is 1. The lowest BCUT2D eigenvalue weighted by Gasteiger charge is -2.23. The number of hydrogen-bond acceptors (Lipinski definition) is 5. The summed E-state index contributed by atoms with van der Waals surface area (Å²) in [5.41, 5.74) is 7.24. The maximum Gasteiger partial charge on any atom is 0.281 e. The summed E-state index contributed by atoms with van der Waals surface area (Å²) in [7, 11) is 0. The second kappa shape index (κ2) is 6.19. The standard InChI is InChI=1S/C20H22ClFN4O2/c1-9(23)11-5-6-25(8-11)18-14(22)7-13-17(15(18)21)26(12-3-4-12)20(27)16-19(13)28-10(2)24-16/h7,9,11-12H,3-6,8,23H2,1-2H3/t9-,11+/m0/s1. The molecule has 148 valence electrons. The van der Waals surface area contributed by atoms with Gasteiger partial charge in [0.15, 0.2) is 17.0 Å². The minimum atomic E-state index is -0.417. The highest BCUT2D eigenvalue weighted by Gasteiger charge is 2.34. The van der Waals surface area contributed by atoms with Gasteiger partial charge in [-0.2, -0.15) is 0 Å². The zero-order chi connectivity index (χ0) is 19.7. The average molecular weight is 405 g/mol. The minimum absolute atomic E-state index is 0.0359. The van der Waals surface area contributed by atoms with Gasteiger partial charge >= 0.3 is 0 Å². The first kappa shape index (κ1) is 17.9. The first-order valence-electron chi connectivity index (χ1n) is 9.70. The van der Waals surface area contributed by atoms with Crippen molar-refractivity contribution in [1.29, 1.82) is 0 Å². The van der Waals surface area contributed by atoms with E-state index in [1.54, 1.807) is 11.5 Å². The lowest BCUT2D eigenvalue weighted by atomic mass is 10.0. The van der Waals surface area contributed by atoms with Gasteiger partial charge in [-0.25, -0.2) is 9.37 Å². The van der Waals surface area contributed by atoms with Crippen LogP contribution in [0.25, 0.3) is 22.0 Å². The van der Waals surface area contributed by atoms with Crippen LogP contribution in [0.5, 0.6) is 0 Å². The molecule has 3 aromatic rings. The summed E-state index contributed by atoms with van der Waals surface area (Å²) in [6.07, 6.45) is 2.69. The zero-order valence-electron chi connectivity index (χ0n) is 15.8. The lowest BCUT2D eigenvalue weighted by Crippen LogP contribution is -2.30. The van der Waals surface area contributed by atoms with Gasteiger partial charge in [-0.15, -0.1) is 0 Å². The van der Waals surface area contributed by atoms with Crippen molar-refractivity contribution in [3.05, 3.63) is 33.2 Å². The number of nitrogens with zero attached hydrogens (tertiary/aromatic N) is 3. The highest BCUT2D eigenvalue weighted by atomic mass is 35.5. The van der Waals surface area contributed by atoms with E-state index >= 15 is 4.39 Å². The fraction of sp³-hybridized carbons (Fsp3) is 0.500. The number of pyridine rings is 1. The van der Waals surface area contributed by atoms with Gasteiger partial charge in [-0.1, -0.05) is 11.6 Å². The van der Waals surface area contributed by atoms with Crippen LogP contribution in [0, 0.1) is 18.7 Å². The summed E-state index contributed by atoms with van der Waals surface area (Å²) in [6, 6.07) is 1.54. The van der Waals surface area contributed by atoms with Gasteiger partial charge in [-0.3, -0.25) is 4.79 Å². The van der Waals surface area contributed by atoms with Gasteiger partial charge in [0.2, 0.25) is 0 Å². The normalized spacial score (nSPS) is 21.2. The molecule has 28 heavy (non-hydrogen) atoms. The number of anilines is 1. The predicted octanol–water partition coefficient (Wildman–Crippen LogP) is 3.75. The van der Waals surface area contributed by atoms with Crippen LogP contribution in [0.4, 0.5) is 10.1 Å². The molecular weight excluding hydrogens is 383 g/mol. The summed E-state index contributed by atoms with van der Waals surface area (Å²) in [5.74, 6) is 0.247. The number of oxazole rings is 1. The highest BCUT2D eigenvalue weighted by Crippen LogP contribution is 2.44. The molecule has 2 fully saturated rings. The Kier molecular flexibility index (Phi) is 3.97. The minimum Gasteiger partial charge on any atom is -0.440 e. The van der Waals surface area contributed by atoms with Crippen molar-refractivity contribution in [3.63, 3.8) is 0 Å². The lowest BCUT2D eigenvalue weighted by molar-refractivity contribution is 0.487. The number of fused-ring (bicyclic) bond motifs is 3. The summed E-state index contributed by atoms with van der Waals surface area (Å²) in [6.45, 7) is 4.99. The van der Waals surface area contributed by atoms with E-state index in [-0.39, 0.29) is 34.1 Å². The molecule has 0 bridgehead atoms. The summed E-state index contributed by atoms with van der Waals surface area (Å²) in [5, 5.41) is 0.761. The molecule has 1 saturated carbocycles. The number of rotatable bonds is 3. The van der Waals surface area contributed by atoms with Gasteiger partial charge in [0.25, 0.3) is 5.56 Å². The van der Waals surface area contributed by atoms with Crippen molar-refractivity contribution in [1.82, 2.24) is 9.55 Å². The second-order valence-corrected chi connectivity index (χ2v) is 8.47. The topological polar surface area (TPSA) is 77.3 Å². The molecule has 2 aromatic heterocycles. The van der Waals surface area contributed by atoms with E-state index in [2.05, 4.69) is 4.98 Å². The average Bonchev–Trinajstić information content (AvgIpc) is 3.20. The molecule has 1 saturated heterocycles. The molecule has 1 aromatic carbocycles. The Morgan fingerprint density at radius 2 is 2.14 bits per heavy atom. The number of nitrogens with two attached hydrogens (primary N) is 1. The molecule has 1 aliphatic heterocycles. The predicted molar refractivity (Wildman–Crippen MR) is 108 cm³/mol. The van der Waals surface area contributed by atoms with Gasteiger partial charge in [-0.05, 0) is 38.2 Å². The third-order valence-electron chi connectivity index (χ3n) is 6.01. The van der Waals surface area contributed by atoms with E-state index < -0.39 is 5.82 Å². The fourth-order valence-corrected chi connectivity index (χ4v) is 4.77. The Morgan fingerprint density at radius 3 is 2.79 bits per heavy atom. The van der Waals surface area contributed by atoms with Crippen molar-refractivity contribution >= 4 is 39.3 Å². The van der Waals surface area contributed by atoms with Gasteiger partial charge in [0.05, 0.1) is 16.2 Å². The molecule has 2 atom stereocenters. The monoisotopic (exact) mass is 404 g/mol. The van der Waals surface area contributed by atoms with Crippen LogP contribution in [0.1, 0.15) is 38.1 Å². The summed E-state index contributed by atoms with van der Waals surface area (Å²) < 4.78 is 22.6. The highest BCUT2D eigenvalue weighted by molar-refractivity contribution is 6.38. The van der Waals surface area contributed by atoms with Crippen LogP contribution in [-0.2, 0) is 0 Å². The molecule has 2 aliphatic rings. The van der Waals surface area contributed by atoms with E-state index in [9.17, 15) is 4.79 Å². The first-order chi connectivity index (χ1) is 13.4. The Morgan fingerprint density at radius 1 is 1.39 bits per heavy atom. The molecule has 8 heteroatoms. The molecule has 2 N–H and O–H groups in total. The van der Waals surface area contributed by atoms with Crippen molar-refractivity contribution < 1.29 is 8.81 Å². The maximum atomic E-state index is 15.2. The summed E-state index contributed by atoms with van der Waals surface area (Å²) in [4.78, 5) is 19.3. The molecule has 0 spiro atoms. The number of benzene rings is 1. The van der Waals surface area contributed by atoms with Gasteiger partial charge < -0.3 is 19.6 Å². The van der Waals surface area contributed by atoms with E-state index in [1.807, 2.05) is 11.8 Å². The van der Waals surface area contributed by atoms with Crippen LogP contribution in [0.15, 0.2) is 15.3 Å². The van der Waals surface area contributed by atoms with Crippen LogP contribution >= 0.6 is 11.6 Å². The molecular formula is C20H22ClFN4O2. The van der Waals surface area contributed by atoms with Crippen molar-refractivity contribution in [2.24, 2.45) is 11.7 Å². The SMILES string of the molecule is Cc1nc2c(=O)n(C3CC3)c3c(Cl)c(N4CC[C@@H]([C@H](C)N)C4)c(F)cc3c2o1. The molecule has 5 rings (SSSR count). The number of hydrogen-bond donors (Lipinski definition) is 1. The molecule has 3 heterocycles. The van der Waals surface area contributed by atoms with Crippen LogP contribution in [0.3, 0.4) is 0 Å². The smallest absolute Gasteiger partial charge is 0.281 e. The van der Waals surface area contributed by atoms with E-state index in [4.69, 9.17) is 21.8 Å². The Hall–Kier alpha value is -2.12. The Bertz CT molecular complexity index is 1160. The van der Waals surface area contributed by atoms with E-state index in [1.165, 1.54) is 6.07 Å². The van der Waals surface area contributed by atoms with Crippen molar-refractivity contribution in [2.75, 3.05) is 18.0 Å². The molecule has 0 radical (unpaired) electrons. The molecule has 0 amide bonds. The van der Waals surface area contributed by atoms with E-state index in [0.29, 0.717) is 41.2 Å². The van der Waals surface area contributed by atoms with Crippen LogP contribution in [0.2, 0.25) is 5.02 Å². The van der Waals surface area contributed by atoms with Crippen molar-refractivity contribution in [2.45, 2.75) is 45.2 Å². The quantitative estimate of drug-likeness (QED) is 0.719.